The molecule has 36 heavy (non-hydrogen) atoms. The van der Waals surface area contributed by atoms with Crippen molar-refractivity contribution in [2.75, 3.05) is 19.7 Å². The van der Waals surface area contributed by atoms with Gasteiger partial charge in [-0.1, -0.05) is 19.4 Å². The van der Waals surface area contributed by atoms with Crippen LogP contribution in [0, 0.1) is 5.92 Å². The van der Waals surface area contributed by atoms with Gasteiger partial charge in [0.2, 0.25) is 0 Å². The average Bonchev–Trinajstić information content (AvgIpc) is 3.53. The number of hydroxylamine groups is 1. The van der Waals surface area contributed by atoms with Gasteiger partial charge in [0.25, 0.3) is 11.8 Å². The van der Waals surface area contributed by atoms with Crippen molar-refractivity contribution in [1.29, 1.82) is 0 Å². The second-order valence-electron chi connectivity index (χ2n) is 8.32. The molecule has 2 aliphatic rings. The zero-order valence-corrected chi connectivity index (χ0v) is 18.7. The third kappa shape index (κ3) is 6.34. The van der Waals surface area contributed by atoms with Crippen LogP contribution in [0.15, 0.2) is 23.1 Å². The highest BCUT2D eigenvalue weighted by Crippen LogP contribution is 3.02. The molecule has 0 aromatic heterocycles. The third-order valence-corrected chi connectivity index (χ3v) is 6.55. The third-order valence-electron chi connectivity index (χ3n) is 5.40. The molecule has 1 heterocycles. The first-order valence-electron chi connectivity index (χ1n) is 10.0. The van der Waals surface area contributed by atoms with Gasteiger partial charge in [0.1, 0.15) is 22.3 Å². The highest BCUT2D eigenvalue weighted by molar-refractivity contribution is 8.45. The molecule has 1 unspecified atom stereocenters. The van der Waals surface area contributed by atoms with Crippen molar-refractivity contribution in [3.05, 3.63) is 23.8 Å². The van der Waals surface area contributed by atoms with Gasteiger partial charge in [-0.3, -0.25) is 14.8 Å². The molecule has 2 amide bonds. The maximum atomic E-state index is 13.2. The number of hydrogen-bond donors (Lipinski definition) is 4. The lowest BCUT2D eigenvalue weighted by molar-refractivity contribution is -0.189. The van der Waals surface area contributed by atoms with Gasteiger partial charge in [0.05, 0.1) is 12.2 Å². The van der Waals surface area contributed by atoms with Gasteiger partial charge in [-0.05, 0) is 30.9 Å². The number of benzene rings is 1. The van der Waals surface area contributed by atoms with Crippen LogP contribution < -0.4 is 20.9 Å². The van der Waals surface area contributed by atoms with E-state index in [4.69, 9.17) is 9.94 Å². The van der Waals surface area contributed by atoms with E-state index in [1.807, 2.05) is 5.32 Å². The molecule has 0 spiro atoms. The Balaban J connectivity index is 1.98. The van der Waals surface area contributed by atoms with Crippen molar-refractivity contribution in [2.24, 2.45) is 5.92 Å². The van der Waals surface area contributed by atoms with E-state index in [1.165, 1.54) is 5.48 Å². The lowest BCUT2D eigenvalue weighted by atomic mass is 9.86. The lowest BCUT2D eigenvalue weighted by Gasteiger charge is -2.46. The Kier molecular flexibility index (Phi) is 6.52. The number of nitrogens with one attached hydrogen (secondary N) is 3. The average molecular weight is 557 g/mol. The first-order chi connectivity index (χ1) is 16.3. The summed E-state index contributed by atoms with van der Waals surface area (Å²) in [4.78, 5) is 33.6. The summed E-state index contributed by atoms with van der Waals surface area (Å²) in [7, 11) is -10.5. The minimum atomic E-state index is -10.5. The molecule has 1 aliphatic carbocycles. The van der Waals surface area contributed by atoms with Gasteiger partial charge in [-0.15, -0.1) is 0 Å². The number of alkyl halides is 3. The summed E-state index contributed by atoms with van der Waals surface area (Å²) in [6, 6.07) is -2.58. The maximum absolute atomic E-state index is 13.2. The van der Waals surface area contributed by atoms with Crippen molar-refractivity contribution in [3.63, 3.8) is 0 Å². The van der Waals surface area contributed by atoms with Gasteiger partial charge < -0.3 is 20.1 Å². The number of halogens is 8. The molecule has 9 nitrogen and oxygen atoms in total. The number of carbonyl (C=O) groups is 3. The van der Waals surface area contributed by atoms with Crippen LogP contribution in [0.2, 0.25) is 0 Å². The van der Waals surface area contributed by atoms with E-state index in [0.717, 1.165) is 12.8 Å². The molecule has 204 valence electrons. The van der Waals surface area contributed by atoms with Crippen molar-refractivity contribution in [1.82, 2.24) is 16.1 Å². The zero-order valence-electron chi connectivity index (χ0n) is 17.8. The smallest absolute Gasteiger partial charge is 0.419 e. The molecule has 1 saturated carbocycles. The molecule has 1 aliphatic heterocycles. The van der Waals surface area contributed by atoms with Gasteiger partial charge >= 0.3 is 22.4 Å². The van der Waals surface area contributed by atoms with E-state index in [9.17, 15) is 47.0 Å². The van der Waals surface area contributed by atoms with Crippen molar-refractivity contribution in [2.45, 2.75) is 35.6 Å². The molecule has 1 aromatic rings. The van der Waals surface area contributed by atoms with Gasteiger partial charge in [-0.25, -0.2) is 10.3 Å². The van der Waals surface area contributed by atoms with Crippen molar-refractivity contribution < 1.29 is 61.7 Å². The molecule has 1 aromatic carbocycles. The number of amides is 2. The molecular weight excluding hydrogens is 538 g/mol. The van der Waals surface area contributed by atoms with E-state index in [-0.39, 0.29) is 37.7 Å². The van der Waals surface area contributed by atoms with Crippen LogP contribution in [0.25, 0.3) is 0 Å². The van der Waals surface area contributed by atoms with E-state index in [0.29, 0.717) is 0 Å². The van der Waals surface area contributed by atoms with E-state index < -0.39 is 68.1 Å². The predicted octanol–water partition coefficient (Wildman–Crippen LogP) is 3.18. The fourth-order valence-electron chi connectivity index (χ4n) is 3.21. The Labute approximate surface area is 197 Å². The molecule has 0 radical (unpaired) electrons. The number of hydrogen-bond acceptors (Lipinski definition) is 7. The van der Waals surface area contributed by atoms with E-state index >= 15 is 0 Å². The SMILES string of the molecule is O=C(NC(C(=O)NO)C1(OCC2CC2)CNC1)c1ccc(S(F)(F)(F)(F)F)cc1OC(=O)C(F)(F)F. The number of ether oxygens (including phenoxy) is 2. The second kappa shape index (κ2) is 8.42. The highest BCUT2D eigenvalue weighted by Gasteiger charge is 2.65. The minimum absolute atomic E-state index is 0.0445. The summed E-state index contributed by atoms with van der Waals surface area (Å²) in [5, 5.41) is 13.8. The van der Waals surface area contributed by atoms with Crippen LogP contribution in [0.1, 0.15) is 23.2 Å². The van der Waals surface area contributed by atoms with Crippen LogP contribution in [0.4, 0.5) is 32.6 Å². The molecule has 1 saturated heterocycles. The van der Waals surface area contributed by atoms with Gasteiger partial charge in [-0.2, -0.15) is 13.2 Å². The number of rotatable bonds is 9. The summed E-state index contributed by atoms with van der Waals surface area (Å²) in [6.45, 7) is 0.0636. The summed E-state index contributed by atoms with van der Waals surface area (Å²) in [5.74, 6) is -7.54. The first kappa shape index (κ1) is 27.9. The molecule has 18 heteroatoms. The topological polar surface area (TPSA) is 126 Å². The number of carbonyl (C=O) groups excluding carboxylic acids is 3. The largest absolute Gasteiger partial charge is 0.491 e. The molecule has 2 fully saturated rings. The molecular formula is C18H19F8N3O6S. The van der Waals surface area contributed by atoms with Gasteiger partial charge in [0, 0.05) is 19.2 Å². The number of esters is 1. The standard InChI is InChI=1S/C18H19F8N3O6S/c19-18(20,21)16(32)35-12-5-10(36(22,23,24,25)26)3-4-11(12)14(30)28-13(15(31)29-33)17(7-27-8-17)34-6-9-1-2-9/h3-5,9,13,27,33H,1-2,6-8H2,(H,28,30)(H,29,31). The van der Waals surface area contributed by atoms with Gasteiger partial charge in [0.15, 0.2) is 0 Å². The van der Waals surface area contributed by atoms with Crippen LogP contribution in [-0.2, 0) is 14.3 Å². The lowest BCUT2D eigenvalue weighted by Crippen LogP contribution is -2.74. The van der Waals surface area contributed by atoms with Crippen LogP contribution in [0.3, 0.4) is 0 Å². The van der Waals surface area contributed by atoms with Crippen molar-refractivity contribution in [3.8, 4) is 5.75 Å². The Morgan fingerprint density at radius 1 is 1.14 bits per heavy atom. The maximum Gasteiger partial charge on any atom is 0.491 e. The fourth-order valence-corrected chi connectivity index (χ4v) is 3.87. The van der Waals surface area contributed by atoms with Crippen LogP contribution in [0.5, 0.6) is 5.75 Å². The monoisotopic (exact) mass is 557 g/mol. The normalized spacial score (nSPS) is 20.2. The zero-order chi connectivity index (χ0) is 27.2. The summed E-state index contributed by atoms with van der Waals surface area (Å²) >= 11 is 0. The minimum Gasteiger partial charge on any atom is -0.419 e. The van der Waals surface area contributed by atoms with E-state index in [2.05, 4.69) is 10.1 Å². The quantitative estimate of drug-likeness (QED) is 0.121. The molecule has 1 atom stereocenters. The predicted molar refractivity (Wildman–Crippen MR) is 105 cm³/mol. The molecule has 0 bridgehead atoms. The molecule has 4 N–H and O–H groups in total. The second-order valence-corrected chi connectivity index (χ2v) is 10.7. The fraction of sp³-hybridized carbons (Fsp3) is 0.500. The van der Waals surface area contributed by atoms with E-state index in [1.54, 1.807) is 0 Å². The first-order valence-corrected chi connectivity index (χ1v) is 12.0. The summed E-state index contributed by atoms with van der Waals surface area (Å²) < 4.78 is 113. The Bertz CT molecular complexity index is 1070. The Hall–Kier alpha value is -2.70. The molecule has 3 rings (SSSR count). The Morgan fingerprint density at radius 2 is 1.75 bits per heavy atom. The summed E-state index contributed by atoms with van der Waals surface area (Å²) in [6.07, 6.45) is -4.09. The Morgan fingerprint density at radius 3 is 2.19 bits per heavy atom. The summed E-state index contributed by atoms with van der Waals surface area (Å²) in [5.41, 5.74) is -1.40. The highest BCUT2D eigenvalue weighted by atomic mass is 32.5. The van der Waals surface area contributed by atoms with Crippen LogP contribution in [-0.4, -0.2) is 60.5 Å². The van der Waals surface area contributed by atoms with Crippen LogP contribution >= 0.6 is 10.2 Å². The van der Waals surface area contributed by atoms with Crippen molar-refractivity contribution >= 4 is 28.0 Å².